The lowest BCUT2D eigenvalue weighted by atomic mass is 10.1. The summed E-state index contributed by atoms with van der Waals surface area (Å²) in [4.78, 5) is 19.5. The van der Waals surface area contributed by atoms with Gasteiger partial charge in [-0.1, -0.05) is 30.0 Å². The van der Waals surface area contributed by atoms with Crippen LogP contribution in [-0.2, 0) is 11.3 Å². The van der Waals surface area contributed by atoms with Gasteiger partial charge in [-0.15, -0.1) is 0 Å². The van der Waals surface area contributed by atoms with E-state index in [0.29, 0.717) is 47.8 Å². The van der Waals surface area contributed by atoms with Gasteiger partial charge in [-0.25, -0.2) is 4.98 Å². The van der Waals surface area contributed by atoms with Gasteiger partial charge >= 0.3 is 0 Å². The number of methoxy groups -OCH3 is 1. The Kier molecular flexibility index (Phi) is 6.95. The highest BCUT2D eigenvalue weighted by Crippen LogP contribution is 2.51. The van der Waals surface area contributed by atoms with E-state index in [1.165, 1.54) is 23.9 Å². The number of rotatable bonds is 7. The predicted molar refractivity (Wildman–Crippen MR) is 147 cm³/mol. The van der Waals surface area contributed by atoms with Crippen molar-refractivity contribution in [2.24, 2.45) is 0 Å². The van der Waals surface area contributed by atoms with E-state index in [1.807, 2.05) is 54.6 Å². The standard InChI is InChI=1S/C29H25N3O6S/c1-35-22-8-5-19(6-9-22)18-37-28-17-21(31-11-13-36-14-12-31)15-24(30-28)23-3-2-4-26-29(23)38-25-10-7-20(32(33)34)16-27(25)39-26/h2-10,15-17H,11-14,18H2,1H3. The molecule has 198 valence electrons. The molecule has 3 aromatic carbocycles. The molecule has 10 heteroatoms. The number of aromatic nitrogens is 1. The molecule has 0 atom stereocenters. The summed E-state index contributed by atoms with van der Waals surface area (Å²) in [6, 6.07) is 22.2. The van der Waals surface area contributed by atoms with Crippen molar-refractivity contribution in [3.63, 3.8) is 0 Å². The fourth-order valence-electron chi connectivity index (χ4n) is 4.49. The van der Waals surface area contributed by atoms with Gasteiger partial charge in [0.1, 0.15) is 18.1 Å². The summed E-state index contributed by atoms with van der Waals surface area (Å²) in [5.41, 5.74) is 3.55. The Morgan fingerprint density at radius 2 is 1.85 bits per heavy atom. The van der Waals surface area contributed by atoms with Crippen LogP contribution in [-0.4, -0.2) is 43.3 Å². The zero-order valence-corrected chi connectivity index (χ0v) is 22.0. The number of nitro benzene ring substituents is 1. The van der Waals surface area contributed by atoms with Gasteiger partial charge in [0, 0.05) is 42.5 Å². The first-order chi connectivity index (χ1) is 19.1. The van der Waals surface area contributed by atoms with Crippen molar-refractivity contribution in [3.05, 3.63) is 88.5 Å². The molecular weight excluding hydrogens is 518 g/mol. The van der Waals surface area contributed by atoms with Crippen LogP contribution in [0.2, 0.25) is 0 Å². The third-order valence-electron chi connectivity index (χ3n) is 6.53. The molecule has 0 amide bonds. The zero-order chi connectivity index (χ0) is 26.8. The molecule has 0 aliphatic carbocycles. The normalized spacial score (nSPS) is 14.1. The van der Waals surface area contributed by atoms with E-state index in [1.54, 1.807) is 13.2 Å². The Balaban J connectivity index is 1.35. The fraction of sp³-hybridized carbons (Fsp3) is 0.207. The van der Waals surface area contributed by atoms with Crippen LogP contribution in [0, 0.1) is 10.1 Å². The average molecular weight is 544 g/mol. The maximum absolute atomic E-state index is 11.3. The highest BCUT2D eigenvalue weighted by Gasteiger charge is 2.25. The van der Waals surface area contributed by atoms with Crippen molar-refractivity contribution in [3.8, 4) is 34.4 Å². The van der Waals surface area contributed by atoms with Gasteiger partial charge in [0.15, 0.2) is 5.75 Å². The highest BCUT2D eigenvalue weighted by atomic mass is 32.2. The molecule has 4 aromatic rings. The number of nitrogens with zero attached hydrogens (tertiary/aromatic N) is 3. The Morgan fingerprint density at radius 1 is 1.03 bits per heavy atom. The van der Waals surface area contributed by atoms with Crippen molar-refractivity contribution < 1.29 is 23.9 Å². The molecule has 1 aromatic heterocycles. The maximum Gasteiger partial charge on any atom is 0.270 e. The smallest absolute Gasteiger partial charge is 0.270 e. The lowest BCUT2D eigenvalue weighted by Gasteiger charge is -2.29. The van der Waals surface area contributed by atoms with Gasteiger partial charge in [0.05, 0.1) is 40.7 Å². The van der Waals surface area contributed by atoms with Crippen LogP contribution in [0.25, 0.3) is 11.3 Å². The van der Waals surface area contributed by atoms with E-state index in [0.717, 1.165) is 40.5 Å². The average Bonchev–Trinajstić information content (AvgIpc) is 2.99. The van der Waals surface area contributed by atoms with Crippen molar-refractivity contribution in [2.45, 2.75) is 16.4 Å². The summed E-state index contributed by atoms with van der Waals surface area (Å²) >= 11 is 1.44. The second-order valence-corrected chi connectivity index (χ2v) is 10.1. The summed E-state index contributed by atoms with van der Waals surface area (Å²) in [6.07, 6.45) is 0. The van der Waals surface area contributed by atoms with Crippen molar-refractivity contribution in [2.75, 3.05) is 38.3 Å². The van der Waals surface area contributed by atoms with Gasteiger partial charge in [-0.05, 0) is 42.0 Å². The largest absolute Gasteiger partial charge is 0.497 e. The number of fused-ring (bicyclic) bond motifs is 2. The van der Waals surface area contributed by atoms with Crippen LogP contribution < -0.4 is 19.1 Å². The van der Waals surface area contributed by atoms with Gasteiger partial charge < -0.3 is 23.8 Å². The van der Waals surface area contributed by atoms with Crippen LogP contribution in [0.4, 0.5) is 11.4 Å². The second-order valence-electron chi connectivity index (χ2n) is 9.01. The van der Waals surface area contributed by atoms with Gasteiger partial charge in [0.2, 0.25) is 5.88 Å². The second kappa shape index (κ2) is 10.8. The van der Waals surface area contributed by atoms with Crippen molar-refractivity contribution >= 4 is 23.1 Å². The molecule has 0 spiro atoms. The lowest BCUT2D eigenvalue weighted by Crippen LogP contribution is -2.36. The first kappa shape index (κ1) is 25.0. The molecule has 0 unspecified atom stereocenters. The summed E-state index contributed by atoms with van der Waals surface area (Å²) in [5, 5.41) is 11.3. The number of anilines is 1. The third kappa shape index (κ3) is 5.34. The van der Waals surface area contributed by atoms with Crippen LogP contribution in [0.1, 0.15) is 5.56 Å². The van der Waals surface area contributed by atoms with Crippen LogP contribution in [0.15, 0.2) is 82.6 Å². The Hall–Kier alpha value is -4.28. The number of hydrogen-bond acceptors (Lipinski definition) is 9. The number of benzene rings is 3. The van der Waals surface area contributed by atoms with E-state index < -0.39 is 4.92 Å². The number of non-ortho nitro benzene ring substituents is 1. The van der Waals surface area contributed by atoms with Crippen LogP contribution >= 0.6 is 11.8 Å². The van der Waals surface area contributed by atoms with E-state index in [-0.39, 0.29) is 5.69 Å². The third-order valence-corrected chi connectivity index (χ3v) is 7.61. The number of para-hydroxylation sites is 1. The molecule has 1 saturated heterocycles. The van der Waals surface area contributed by atoms with E-state index in [4.69, 9.17) is 23.9 Å². The molecular formula is C29H25N3O6S. The molecule has 39 heavy (non-hydrogen) atoms. The number of morpholine rings is 1. The topological polar surface area (TPSA) is 96.2 Å². The minimum atomic E-state index is -0.401. The van der Waals surface area contributed by atoms with Crippen molar-refractivity contribution in [1.29, 1.82) is 0 Å². The van der Waals surface area contributed by atoms with Crippen LogP contribution in [0.3, 0.4) is 0 Å². The SMILES string of the molecule is COc1ccc(COc2cc(N3CCOCC3)cc(-c3cccc4c3Oc3ccc([N+](=O)[O-])cc3S4)n2)cc1. The van der Waals surface area contributed by atoms with Gasteiger partial charge in [-0.3, -0.25) is 10.1 Å². The first-order valence-electron chi connectivity index (χ1n) is 12.5. The molecule has 0 N–H and O–H groups in total. The molecule has 0 radical (unpaired) electrons. The summed E-state index contributed by atoms with van der Waals surface area (Å²) in [7, 11) is 1.64. The molecule has 0 saturated carbocycles. The minimum absolute atomic E-state index is 0.0305. The summed E-state index contributed by atoms with van der Waals surface area (Å²) in [5.74, 6) is 2.53. The van der Waals surface area contributed by atoms with E-state index >= 15 is 0 Å². The Morgan fingerprint density at radius 3 is 2.62 bits per heavy atom. The van der Waals surface area contributed by atoms with Crippen LogP contribution in [0.5, 0.6) is 23.1 Å². The number of nitro groups is 1. The molecule has 1 fully saturated rings. The summed E-state index contributed by atoms with van der Waals surface area (Å²) in [6.45, 7) is 3.21. The quantitative estimate of drug-likeness (QED) is 0.172. The van der Waals surface area contributed by atoms with Gasteiger partial charge in [-0.2, -0.15) is 0 Å². The molecule has 3 heterocycles. The summed E-state index contributed by atoms with van der Waals surface area (Å²) < 4.78 is 23.3. The van der Waals surface area contributed by atoms with E-state index in [2.05, 4.69) is 4.90 Å². The number of pyridine rings is 1. The van der Waals surface area contributed by atoms with E-state index in [9.17, 15) is 10.1 Å². The molecule has 2 aliphatic rings. The molecule has 9 nitrogen and oxygen atoms in total. The minimum Gasteiger partial charge on any atom is -0.497 e. The number of ether oxygens (including phenoxy) is 4. The first-order valence-corrected chi connectivity index (χ1v) is 13.3. The zero-order valence-electron chi connectivity index (χ0n) is 21.2. The fourth-order valence-corrected chi connectivity index (χ4v) is 5.51. The predicted octanol–water partition coefficient (Wildman–Crippen LogP) is 6.34. The van der Waals surface area contributed by atoms with Crippen molar-refractivity contribution in [1.82, 2.24) is 4.98 Å². The Bertz CT molecular complexity index is 1520. The number of hydrogen-bond donors (Lipinski definition) is 0. The van der Waals surface area contributed by atoms with Gasteiger partial charge in [0.25, 0.3) is 5.69 Å². The monoisotopic (exact) mass is 543 g/mol. The maximum atomic E-state index is 11.3. The molecule has 0 bridgehead atoms. The lowest BCUT2D eigenvalue weighted by molar-refractivity contribution is -0.385. The Labute approximate surface area is 229 Å². The molecule has 2 aliphatic heterocycles. The highest BCUT2D eigenvalue weighted by molar-refractivity contribution is 7.99. The molecule has 6 rings (SSSR count).